The van der Waals surface area contributed by atoms with E-state index in [0.29, 0.717) is 6.42 Å². The third kappa shape index (κ3) is 1.89. The number of carboxylic acids is 1. The number of hydrogen-bond acceptors (Lipinski definition) is 2. The highest BCUT2D eigenvalue weighted by Crippen LogP contribution is 2.32. The van der Waals surface area contributed by atoms with Crippen LogP contribution in [-0.2, 0) is 4.79 Å². The van der Waals surface area contributed by atoms with Crippen molar-refractivity contribution in [2.24, 2.45) is 5.73 Å². The molecule has 0 radical (unpaired) electrons. The highest BCUT2D eigenvalue weighted by atomic mass is 35.5. The van der Waals surface area contributed by atoms with Gasteiger partial charge in [0.15, 0.2) is 0 Å². The highest BCUT2D eigenvalue weighted by Gasteiger charge is 2.37. The van der Waals surface area contributed by atoms with Gasteiger partial charge < -0.3 is 10.8 Å². The molecule has 1 aliphatic carbocycles. The minimum atomic E-state index is -1.03. The molecule has 0 spiro atoms. The van der Waals surface area contributed by atoms with Crippen molar-refractivity contribution in [1.82, 2.24) is 0 Å². The number of aliphatic carboxylic acids is 1. The summed E-state index contributed by atoms with van der Waals surface area (Å²) in [7, 11) is 0. The predicted octanol–water partition coefficient (Wildman–Crippen LogP) is 1.45. The van der Waals surface area contributed by atoms with Crippen LogP contribution in [0.1, 0.15) is 6.42 Å². The second kappa shape index (κ2) is 3.98. The van der Waals surface area contributed by atoms with Gasteiger partial charge in [-0.15, -0.1) is 18.2 Å². The normalized spacial score (nSPS) is 31.0. The second-order valence-corrected chi connectivity index (χ2v) is 3.89. The van der Waals surface area contributed by atoms with Crippen LogP contribution in [0.4, 0.5) is 0 Å². The Bertz CT molecular complexity index is 322. The third-order valence-electron chi connectivity index (χ3n) is 2.21. The van der Waals surface area contributed by atoms with Gasteiger partial charge >= 0.3 is 5.97 Å². The molecular formula is C10H12ClNO2. The number of carbonyl (C=O) groups is 1. The molecule has 2 unspecified atom stereocenters. The maximum atomic E-state index is 10.8. The molecule has 0 heterocycles. The fraction of sp³-hybridized carbons (Fsp3) is 0.300. The van der Waals surface area contributed by atoms with Gasteiger partial charge in [0.25, 0.3) is 0 Å². The summed E-state index contributed by atoms with van der Waals surface area (Å²) in [6, 6.07) is -0.704. The number of hydrogen-bond donors (Lipinski definition) is 2. The average molecular weight is 214 g/mol. The van der Waals surface area contributed by atoms with Crippen LogP contribution >= 0.6 is 11.6 Å². The summed E-state index contributed by atoms with van der Waals surface area (Å²) >= 11 is 6.18. The first kappa shape index (κ1) is 11.0. The zero-order valence-corrected chi connectivity index (χ0v) is 8.37. The summed E-state index contributed by atoms with van der Waals surface area (Å²) in [6.07, 6.45) is 6.85. The van der Waals surface area contributed by atoms with Crippen LogP contribution in [0, 0.1) is 0 Å². The lowest BCUT2D eigenvalue weighted by atomic mass is 9.86. The van der Waals surface area contributed by atoms with E-state index in [4.69, 9.17) is 22.4 Å². The maximum Gasteiger partial charge on any atom is 0.333 e. The lowest BCUT2D eigenvalue weighted by Crippen LogP contribution is -2.46. The van der Waals surface area contributed by atoms with Crippen LogP contribution in [-0.4, -0.2) is 22.0 Å². The zero-order chi connectivity index (χ0) is 10.8. The molecule has 0 fully saturated rings. The number of carboxylic acid groups (broad SMARTS) is 1. The monoisotopic (exact) mass is 213 g/mol. The maximum absolute atomic E-state index is 10.8. The minimum absolute atomic E-state index is 0.129. The molecule has 4 heteroatoms. The molecule has 3 N–H and O–H groups in total. The quantitative estimate of drug-likeness (QED) is 0.551. The van der Waals surface area contributed by atoms with Crippen LogP contribution in [0.25, 0.3) is 0 Å². The van der Waals surface area contributed by atoms with Crippen molar-refractivity contribution in [2.75, 3.05) is 0 Å². The first-order chi connectivity index (χ1) is 6.51. The van der Waals surface area contributed by atoms with Crippen molar-refractivity contribution in [3.8, 4) is 0 Å². The van der Waals surface area contributed by atoms with Gasteiger partial charge in [-0.1, -0.05) is 24.3 Å². The Morgan fingerprint density at radius 3 is 3.00 bits per heavy atom. The van der Waals surface area contributed by atoms with E-state index >= 15 is 0 Å². The fourth-order valence-corrected chi connectivity index (χ4v) is 1.70. The highest BCUT2D eigenvalue weighted by molar-refractivity contribution is 6.26. The molecule has 0 aromatic carbocycles. The van der Waals surface area contributed by atoms with Crippen molar-refractivity contribution in [3.63, 3.8) is 0 Å². The van der Waals surface area contributed by atoms with Gasteiger partial charge in [-0.3, -0.25) is 0 Å². The lowest BCUT2D eigenvalue weighted by molar-refractivity contribution is -0.133. The van der Waals surface area contributed by atoms with Crippen molar-refractivity contribution >= 4 is 17.6 Å². The summed E-state index contributed by atoms with van der Waals surface area (Å²) in [6.45, 7) is 3.56. The van der Waals surface area contributed by atoms with Gasteiger partial charge in [0, 0.05) is 0 Å². The molecule has 76 valence electrons. The van der Waals surface area contributed by atoms with E-state index < -0.39 is 16.9 Å². The summed E-state index contributed by atoms with van der Waals surface area (Å²) in [5.74, 6) is -1.03. The average Bonchev–Trinajstić information content (AvgIpc) is 2.10. The molecule has 1 rings (SSSR count). The van der Waals surface area contributed by atoms with Gasteiger partial charge in [-0.05, 0) is 6.42 Å². The van der Waals surface area contributed by atoms with Gasteiger partial charge in [-0.2, -0.15) is 0 Å². The molecule has 0 saturated heterocycles. The van der Waals surface area contributed by atoms with Crippen LogP contribution in [0.15, 0.2) is 36.5 Å². The van der Waals surface area contributed by atoms with E-state index in [2.05, 4.69) is 6.58 Å². The molecule has 0 aromatic heterocycles. The van der Waals surface area contributed by atoms with E-state index in [0.717, 1.165) is 0 Å². The first-order valence-electron chi connectivity index (χ1n) is 4.19. The zero-order valence-electron chi connectivity index (χ0n) is 7.61. The van der Waals surface area contributed by atoms with Crippen LogP contribution in [0.2, 0.25) is 0 Å². The smallest absolute Gasteiger partial charge is 0.333 e. The van der Waals surface area contributed by atoms with Crippen molar-refractivity contribution < 1.29 is 9.90 Å². The largest absolute Gasteiger partial charge is 0.478 e. The van der Waals surface area contributed by atoms with E-state index in [9.17, 15) is 4.79 Å². The van der Waals surface area contributed by atoms with E-state index in [1.54, 1.807) is 18.2 Å². The van der Waals surface area contributed by atoms with Gasteiger partial charge in [0.1, 0.15) is 0 Å². The Balaban J connectivity index is 2.98. The number of nitrogens with two attached hydrogens (primary N) is 1. The van der Waals surface area contributed by atoms with Gasteiger partial charge in [0.2, 0.25) is 0 Å². The lowest BCUT2D eigenvalue weighted by Gasteiger charge is -2.31. The second-order valence-electron chi connectivity index (χ2n) is 3.18. The van der Waals surface area contributed by atoms with Crippen molar-refractivity contribution in [2.45, 2.75) is 17.3 Å². The SMILES string of the molecule is C=CCC1(Cl)C=CC=C(C(=O)O)C1N. The molecular weight excluding hydrogens is 202 g/mol. The Hall–Kier alpha value is -1.06. The number of alkyl halides is 1. The van der Waals surface area contributed by atoms with Crippen LogP contribution in [0.3, 0.4) is 0 Å². The van der Waals surface area contributed by atoms with Crippen molar-refractivity contribution in [3.05, 3.63) is 36.5 Å². The number of halogens is 1. The van der Waals surface area contributed by atoms with Gasteiger partial charge in [-0.25, -0.2) is 4.79 Å². The fourth-order valence-electron chi connectivity index (χ4n) is 1.40. The summed E-state index contributed by atoms with van der Waals surface area (Å²) < 4.78 is 0. The van der Waals surface area contributed by atoms with Crippen molar-refractivity contribution in [1.29, 1.82) is 0 Å². The standard InChI is InChI=1S/C10H12ClNO2/c1-2-5-10(11)6-3-4-7(8(10)12)9(13)14/h2-4,6,8H,1,5,12H2,(H,13,14). The summed E-state index contributed by atoms with van der Waals surface area (Å²) in [4.78, 5) is 9.93. The molecule has 0 saturated carbocycles. The van der Waals surface area contributed by atoms with Gasteiger partial charge in [0.05, 0.1) is 16.5 Å². The third-order valence-corrected chi connectivity index (χ3v) is 2.72. The summed E-state index contributed by atoms with van der Waals surface area (Å²) in [5, 5.41) is 8.84. The minimum Gasteiger partial charge on any atom is -0.478 e. The van der Waals surface area contributed by atoms with Crippen LogP contribution < -0.4 is 5.73 Å². The topological polar surface area (TPSA) is 63.3 Å². The number of rotatable bonds is 3. The van der Waals surface area contributed by atoms with E-state index in [1.807, 2.05) is 0 Å². The molecule has 0 bridgehead atoms. The predicted molar refractivity (Wildman–Crippen MR) is 56.2 cm³/mol. The van der Waals surface area contributed by atoms with Crippen LogP contribution in [0.5, 0.6) is 0 Å². The Morgan fingerprint density at radius 1 is 1.86 bits per heavy atom. The Kier molecular flexibility index (Phi) is 3.13. The Morgan fingerprint density at radius 2 is 2.50 bits per heavy atom. The number of allylic oxidation sites excluding steroid dienone is 3. The molecule has 14 heavy (non-hydrogen) atoms. The molecule has 0 aliphatic heterocycles. The first-order valence-corrected chi connectivity index (χ1v) is 4.57. The molecule has 0 amide bonds. The molecule has 0 aromatic rings. The van der Waals surface area contributed by atoms with E-state index in [-0.39, 0.29) is 5.57 Å². The molecule has 2 atom stereocenters. The summed E-state index contributed by atoms with van der Waals surface area (Å²) in [5.41, 5.74) is 5.89. The molecule has 1 aliphatic rings. The van der Waals surface area contributed by atoms with E-state index in [1.165, 1.54) is 6.08 Å². The Labute approximate surface area is 87.5 Å². The molecule has 3 nitrogen and oxygen atoms in total.